The van der Waals surface area contributed by atoms with E-state index in [1.807, 2.05) is 20.8 Å². The molecule has 1 aromatic heterocycles. The summed E-state index contributed by atoms with van der Waals surface area (Å²) >= 11 is 6.00. The van der Waals surface area contributed by atoms with Crippen molar-refractivity contribution in [1.82, 2.24) is 15.6 Å². The summed E-state index contributed by atoms with van der Waals surface area (Å²) < 4.78 is 35.2. The number of nitrogens with one attached hydrogen (secondary N) is 2. The van der Waals surface area contributed by atoms with Crippen LogP contribution in [0.4, 0.5) is 8.78 Å². The van der Waals surface area contributed by atoms with Crippen LogP contribution in [0.2, 0.25) is 5.02 Å². The van der Waals surface area contributed by atoms with Gasteiger partial charge < -0.3 is 20.1 Å². The fourth-order valence-corrected chi connectivity index (χ4v) is 2.41. The molecule has 2 amide bonds. The Morgan fingerprint density at radius 3 is 2.32 bits per heavy atom. The third-order valence-corrected chi connectivity index (χ3v) is 4.16. The minimum Gasteiger partial charge on any atom is -0.484 e. The molecular weight excluding hydrogens is 468 g/mol. The second-order valence-electron chi connectivity index (χ2n) is 6.45. The first-order chi connectivity index (χ1) is 16.1. The van der Waals surface area contributed by atoms with E-state index >= 15 is 0 Å². The van der Waals surface area contributed by atoms with Gasteiger partial charge in [0.1, 0.15) is 5.75 Å². The highest BCUT2D eigenvalue weighted by molar-refractivity contribution is 6.31. The van der Waals surface area contributed by atoms with Crippen LogP contribution in [0.1, 0.15) is 43.1 Å². The van der Waals surface area contributed by atoms with Crippen molar-refractivity contribution in [1.29, 1.82) is 0 Å². The molecule has 0 unspecified atom stereocenters. The normalized spacial score (nSPS) is 9.97. The number of alkyl halides is 2. The van der Waals surface area contributed by atoms with Crippen molar-refractivity contribution in [2.45, 2.75) is 40.2 Å². The van der Waals surface area contributed by atoms with Crippen molar-refractivity contribution in [3.8, 4) is 11.6 Å². The van der Waals surface area contributed by atoms with E-state index in [1.54, 1.807) is 18.2 Å². The van der Waals surface area contributed by atoms with Crippen LogP contribution < -0.4 is 20.1 Å². The molecule has 0 aliphatic rings. The number of ether oxygens (including phenoxy) is 2. The number of aryl methyl sites for hydroxylation is 1. The number of carbonyl (C=O) groups is 2. The minimum atomic E-state index is -3.35. The standard InChI is InChI=1S/C20H22ClF2N3O4.C2H6.C2H4/c1-13-4-6-15(10-16(13)21)29-12-17(27)24-8-3-9-25-19(28)14-5-7-18(26-11-14)30-20(2,22)23;2*1-2/h4-7,10-11H,3,8-9,12H2,1-2H3,(H,24,27)(H,25,28);1-2H3;1-2H2. The van der Waals surface area contributed by atoms with Gasteiger partial charge in [0.05, 0.1) is 5.56 Å². The SMILES string of the molecule is C=C.CC.Cc1ccc(OCC(=O)NCCCNC(=O)c2ccc(OC(C)(F)F)nc2)cc1Cl. The summed E-state index contributed by atoms with van der Waals surface area (Å²) in [5, 5.41) is 5.88. The lowest BCUT2D eigenvalue weighted by atomic mass is 10.2. The third-order valence-electron chi connectivity index (χ3n) is 3.76. The van der Waals surface area contributed by atoms with Crippen LogP contribution >= 0.6 is 11.6 Å². The Hall–Kier alpha value is -3.20. The molecule has 2 aromatic rings. The van der Waals surface area contributed by atoms with E-state index in [0.29, 0.717) is 37.2 Å². The van der Waals surface area contributed by atoms with Crippen LogP contribution in [0, 0.1) is 6.92 Å². The molecule has 0 atom stereocenters. The third kappa shape index (κ3) is 12.7. The number of benzene rings is 1. The number of hydrogen-bond donors (Lipinski definition) is 2. The van der Waals surface area contributed by atoms with Gasteiger partial charge in [-0.05, 0) is 37.1 Å². The van der Waals surface area contributed by atoms with Gasteiger partial charge in [-0.3, -0.25) is 9.59 Å². The second-order valence-corrected chi connectivity index (χ2v) is 6.86. The summed E-state index contributed by atoms with van der Waals surface area (Å²) in [4.78, 5) is 27.4. The molecule has 7 nitrogen and oxygen atoms in total. The number of rotatable bonds is 10. The fourth-order valence-electron chi connectivity index (χ4n) is 2.24. The lowest BCUT2D eigenvalue weighted by Gasteiger charge is -2.12. The second kappa shape index (κ2) is 16.4. The molecule has 34 heavy (non-hydrogen) atoms. The van der Waals surface area contributed by atoms with E-state index < -0.39 is 12.0 Å². The molecule has 1 aromatic carbocycles. The first-order valence-corrected chi connectivity index (χ1v) is 11.0. The molecule has 0 radical (unpaired) electrons. The lowest BCUT2D eigenvalue weighted by Crippen LogP contribution is -2.32. The summed E-state index contributed by atoms with van der Waals surface area (Å²) in [6.07, 6.45) is -1.71. The van der Waals surface area contributed by atoms with E-state index in [9.17, 15) is 18.4 Å². The van der Waals surface area contributed by atoms with Crippen LogP contribution in [-0.2, 0) is 4.79 Å². The van der Waals surface area contributed by atoms with Gasteiger partial charge in [0.2, 0.25) is 5.88 Å². The monoisotopic (exact) mass is 499 g/mol. The average molecular weight is 500 g/mol. The van der Waals surface area contributed by atoms with Gasteiger partial charge in [-0.1, -0.05) is 31.5 Å². The van der Waals surface area contributed by atoms with Crippen LogP contribution in [0.15, 0.2) is 49.7 Å². The Bertz CT molecular complexity index is 891. The first kappa shape index (κ1) is 30.8. The van der Waals surface area contributed by atoms with E-state index in [-0.39, 0.29) is 24.0 Å². The van der Waals surface area contributed by atoms with Crippen LogP contribution in [0.3, 0.4) is 0 Å². The van der Waals surface area contributed by atoms with E-state index in [2.05, 4.69) is 33.5 Å². The van der Waals surface area contributed by atoms with Crippen molar-refractivity contribution in [2.24, 2.45) is 0 Å². The van der Waals surface area contributed by atoms with Gasteiger partial charge in [-0.15, -0.1) is 13.2 Å². The Kier molecular flexibility index (Phi) is 14.9. The Morgan fingerprint density at radius 1 is 1.12 bits per heavy atom. The van der Waals surface area contributed by atoms with Crippen molar-refractivity contribution in [3.63, 3.8) is 0 Å². The maximum absolute atomic E-state index is 12.7. The Morgan fingerprint density at radius 2 is 1.76 bits per heavy atom. The Balaban J connectivity index is 0.00000258. The summed E-state index contributed by atoms with van der Waals surface area (Å²) in [5.41, 5.74) is 1.12. The van der Waals surface area contributed by atoms with Gasteiger partial charge in [0.15, 0.2) is 6.61 Å². The van der Waals surface area contributed by atoms with Gasteiger partial charge in [0, 0.05) is 37.3 Å². The number of halogens is 3. The minimum absolute atomic E-state index is 0.150. The van der Waals surface area contributed by atoms with E-state index in [4.69, 9.17) is 16.3 Å². The zero-order valence-electron chi connectivity index (χ0n) is 19.9. The van der Waals surface area contributed by atoms with Crippen molar-refractivity contribution in [2.75, 3.05) is 19.7 Å². The topological polar surface area (TPSA) is 89.6 Å². The molecule has 0 bridgehead atoms. The molecule has 2 N–H and O–H groups in total. The zero-order valence-corrected chi connectivity index (χ0v) is 20.7. The molecule has 0 saturated heterocycles. The quantitative estimate of drug-likeness (QED) is 0.347. The molecule has 188 valence electrons. The highest BCUT2D eigenvalue weighted by Gasteiger charge is 2.23. The first-order valence-electron chi connectivity index (χ1n) is 10.6. The number of hydrogen-bond acceptors (Lipinski definition) is 5. The smallest absolute Gasteiger partial charge is 0.396 e. The lowest BCUT2D eigenvalue weighted by molar-refractivity contribution is -0.161. The van der Waals surface area contributed by atoms with Crippen molar-refractivity contribution < 1.29 is 27.8 Å². The average Bonchev–Trinajstić information content (AvgIpc) is 2.81. The summed E-state index contributed by atoms with van der Waals surface area (Å²) in [6, 6.07) is 7.69. The van der Waals surface area contributed by atoms with E-state index in [0.717, 1.165) is 11.8 Å². The van der Waals surface area contributed by atoms with Gasteiger partial charge >= 0.3 is 6.11 Å². The number of nitrogens with zero attached hydrogens (tertiary/aromatic N) is 1. The summed E-state index contributed by atoms with van der Waals surface area (Å²) in [5.74, 6) is -0.494. The summed E-state index contributed by atoms with van der Waals surface area (Å²) in [6.45, 7) is 13.0. The van der Waals surface area contributed by atoms with Crippen LogP contribution in [-0.4, -0.2) is 42.6 Å². The molecule has 0 saturated carbocycles. The van der Waals surface area contributed by atoms with Crippen LogP contribution in [0.5, 0.6) is 11.6 Å². The molecule has 0 fully saturated rings. The molecule has 10 heteroatoms. The largest absolute Gasteiger partial charge is 0.484 e. The van der Waals surface area contributed by atoms with Crippen molar-refractivity contribution >= 4 is 23.4 Å². The maximum Gasteiger partial charge on any atom is 0.396 e. The van der Waals surface area contributed by atoms with Crippen molar-refractivity contribution in [3.05, 3.63) is 65.8 Å². The molecular formula is C24H32ClF2N3O4. The molecule has 0 spiro atoms. The molecule has 2 rings (SSSR count). The van der Waals surface area contributed by atoms with Gasteiger partial charge in [0.25, 0.3) is 11.8 Å². The predicted molar refractivity (Wildman–Crippen MR) is 130 cm³/mol. The van der Waals surface area contributed by atoms with E-state index in [1.165, 1.54) is 12.1 Å². The van der Waals surface area contributed by atoms with Gasteiger partial charge in [-0.25, -0.2) is 4.98 Å². The number of pyridine rings is 1. The number of aromatic nitrogens is 1. The Labute approximate surface area is 204 Å². The maximum atomic E-state index is 12.7. The molecule has 1 heterocycles. The fraction of sp³-hybridized carbons (Fsp3) is 0.375. The molecule has 0 aliphatic carbocycles. The zero-order chi connectivity index (χ0) is 26.1. The highest BCUT2D eigenvalue weighted by atomic mass is 35.5. The van der Waals surface area contributed by atoms with Gasteiger partial charge in [-0.2, -0.15) is 8.78 Å². The predicted octanol–water partition coefficient (Wildman–Crippen LogP) is 5.18. The highest BCUT2D eigenvalue weighted by Crippen LogP contribution is 2.21. The molecule has 0 aliphatic heterocycles. The number of amides is 2. The van der Waals surface area contributed by atoms with Crippen LogP contribution in [0.25, 0.3) is 0 Å². The number of carbonyl (C=O) groups excluding carboxylic acids is 2. The summed E-state index contributed by atoms with van der Waals surface area (Å²) in [7, 11) is 0.